The Kier molecular flexibility index (Phi) is 7.04. The Labute approximate surface area is 191 Å². The molecule has 166 valence electrons. The molecule has 1 aromatic rings. The largest absolute Gasteiger partial charge is 0.468 e. The molecule has 0 spiro atoms. The van der Waals surface area contributed by atoms with Gasteiger partial charge in [0, 0.05) is 27.4 Å². The number of carbonyl (C=O) groups excluding carboxylic acids is 3. The van der Waals surface area contributed by atoms with Crippen LogP contribution in [-0.4, -0.2) is 30.9 Å². The second-order valence-corrected chi connectivity index (χ2v) is 9.13. The molecule has 0 aromatic heterocycles. The summed E-state index contributed by atoms with van der Waals surface area (Å²) in [5, 5.41) is 3.27. The first-order chi connectivity index (χ1) is 14.7. The highest BCUT2D eigenvalue weighted by Gasteiger charge is 2.47. The van der Waals surface area contributed by atoms with Gasteiger partial charge in [0.25, 0.3) is 0 Å². The summed E-state index contributed by atoms with van der Waals surface area (Å²) in [5.74, 6) is -3.05. The smallest absolute Gasteiger partial charge is 0.337 e. The first kappa shape index (κ1) is 23.3. The normalized spacial score (nSPS) is 24.3. The van der Waals surface area contributed by atoms with Crippen LogP contribution in [0.15, 0.2) is 51.3 Å². The molecule has 7 heteroatoms. The fourth-order valence-electron chi connectivity index (χ4n) is 4.30. The van der Waals surface area contributed by atoms with Crippen LogP contribution in [0.5, 0.6) is 0 Å². The molecule has 4 atom stereocenters. The SMILES string of the molecule is CC[C@@H](C)OC(=O)C1=C(C)NC2=C(C(=O)[C@@H](C(=O)OC)[C@@H](C)C2)[C@@H]1c1cccc(Br)c1. The van der Waals surface area contributed by atoms with E-state index in [1.165, 1.54) is 7.11 Å². The van der Waals surface area contributed by atoms with Gasteiger partial charge in [-0.05, 0) is 50.3 Å². The lowest BCUT2D eigenvalue weighted by atomic mass is 9.69. The molecule has 1 N–H and O–H groups in total. The maximum atomic E-state index is 13.6. The number of halogens is 1. The molecule has 0 radical (unpaired) electrons. The standard InChI is InChI=1S/C24H28BrNO5/c1-6-13(3)31-24(29)19-14(4)26-17-10-12(2)18(23(28)30-5)22(27)21(17)20(19)15-8-7-9-16(25)11-15/h7-9,11-13,18,20,26H,6,10H2,1-5H3/t12-,13+,18-,20+/m0/s1. The Morgan fingerprint density at radius 2 is 2.03 bits per heavy atom. The van der Waals surface area contributed by atoms with E-state index in [0.717, 1.165) is 15.7 Å². The van der Waals surface area contributed by atoms with Crippen LogP contribution in [0.3, 0.4) is 0 Å². The summed E-state index contributed by atoms with van der Waals surface area (Å²) in [6.45, 7) is 7.47. The van der Waals surface area contributed by atoms with Crippen molar-refractivity contribution in [1.29, 1.82) is 0 Å². The van der Waals surface area contributed by atoms with Gasteiger partial charge in [-0.1, -0.05) is 41.9 Å². The van der Waals surface area contributed by atoms with Gasteiger partial charge in [0.1, 0.15) is 5.92 Å². The van der Waals surface area contributed by atoms with Crippen LogP contribution in [-0.2, 0) is 23.9 Å². The minimum atomic E-state index is -0.898. The maximum absolute atomic E-state index is 13.6. The highest BCUT2D eigenvalue weighted by molar-refractivity contribution is 9.10. The third-order valence-corrected chi connectivity index (χ3v) is 6.52. The molecular formula is C24H28BrNO5. The monoisotopic (exact) mass is 489 g/mol. The van der Waals surface area contributed by atoms with Gasteiger partial charge in [0.05, 0.1) is 18.8 Å². The molecule has 1 aliphatic carbocycles. The van der Waals surface area contributed by atoms with E-state index in [2.05, 4.69) is 21.2 Å². The molecule has 1 aliphatic heterocycles. The molecule has 0 fully saturated rings. The fraction of sp³-hybridized carbons (Fsp3) is 0.458. The minimum absolute atomic E-state index is 0.212. The van der Waals surface area contributed by atoms with Crippen LogP contribution in [0.1, 0.15) is 52.0 Å². The van der Waals surface area contributed by atoms with Gasteiger partial charge in [0.2, 0.25) is 0 Å². The molecule has 1 heterocycles. The number of methoxy groups -OCH3 is 1. The van der Waals surface area contributed by atoms with Gasteiger partial charge in [0.15, 0.2) is 5.78 Å². The Morgan fingerprint density at radius 1 is 1.32 bits per heavy atom. The summed E-state index contributed by atoms with van der Waals surface area (Å²) in [6, 6.07) is 7.52. The van der Waals surface area contributed by atoms with E-state index in [0.29, 0.717) is 29.7 Å². The summed E-state index contributed by atoms with van der Waals surface area (Å²) in [4.78, 5) is 39.2. The van der Waals surface area contributed by atoms with Gasteiger partial charge in [-0.15, -0.1) is 0 Å². The minimum Gasteiger partial charge on any atom is -0.468 e. The first-order valence-corrected chi connectivity index (χ1v) is 11.3. The molecule has 0 saturated heterocycles. The summed E-state index contributed by atoms with van der Waals surface area (Å²) in [7, 11) is 1.29. The second kappa shape index (κ2) is 9.39. The van der Waals surface area contributed by atoms with Crippen LogP contribution < -0.4 is 5.32 Å². The third kappa shape index (κ3) is 4.47. The molecule has 2 aliphatic rings. The van der Waals surface area contributed by atoms with E-state index in [1.54, 1.807) is 0 Å². The number of carbonyl (C=O) groups is 3. The highest BCUT2D eigenvalue weighted by atomic mass is 79.9. The van der Waals surface area contributed by atoms with E-state index < -0.39 is 23.8 Å². The van der Waals surface area contributed by atoms with Crippen molar-refractivity contribution < 1.29 is 23.9 Å². The maximum Gasteiger partial charge on any atom is 0.337 e. The number of hydrogen-bond acceptors (Lipinski definition) is 6. The number of dihydropyridines is 1. The zero-order valence-corrected chi connectivity index (χ0v) is 20.0. The van der Waals surface area contributed by atoms with Crippen LogP contribution in [0.2, 0.25) is 0 Å². The third-order valence-electron chi connectivity index (χ3n) is 6.03. The Hall–Kier alpha value is -2.41. The predicted octanol–water partition coefficient (Wildman–Crippen LogP) is 4.40. The number of ketones is 1. The summed E-state index contributed by atoms with van der Waals surface area (Å²) in [5.41, 5.74) is 3.02. The number of hydrogen-bond donors (Lipinski definition) is 1. The molecular weight excluding hydrogens is 462 g/mol. The Bertz CT molecular complexity index is 980. The second-order valence-electron chi connectivity index (χ2n) is 8.21. The van der Waals surface area contributed by atoms with Crippen LogP contribution in [0, 0.1) is 11.8 Å². The number of benzene rings is 1. The number of allylic oxidation sites excluding steroid dienone is 3. The summed E-state index contributed by atoms with van der Waals surface area (Å²) >= 11 is 3.49. The number of esters is 2. The van der Waals surface area contributed by atoms with Gasteiger partial charge < -0.3 is 14.8 Å². The molecule has 0 amide bonds. The number of rotatable bonds is 5. The van der Waals surface area contributed by atoms with E-state index in [4.69, 9.17) is 9.47 Å². The molecule has 31 heavy (non-hydrogen) atoms. The molecule has 0 saturated carbocycles. The van der Waals surface area contributed by atoms with Crippen molar-refractivity contribution >= 4 is 33.7 Å². The van der Waals surface area contributed by atoms with Gasteiger partial charge in [-0.25, -0.2) is 4.79 Å². The Morgan fingerprint density at radius 3 is 2.65 bits per heavy atom. The van der Waals surface area contributed by atoms with Gasteiger partial charge in [-0.3, -0.25) is 9.59 Å². The number of nitrogens with one attached hydrogen (secondary N) is 1. The lowest BCUT2D eigenvalue weighted by Gasteiger charge is -2.38. The molecule has 6 nitrogen and oxygen atoms in total. The zero-order chi connectivity index (χ0) is 22.9. The van der Waals surface area contributed by atoms with Crippen molar-refractivity contribution in [3.63, 3.8) is 0 Å². The lowest BCUT2D eigenvalue weighted by Crippen LogP contribution is -2.43. The van der Waals surface area contributed by atoms with Crippen LogP contribution >= 0.6 is 15.9 Å². The van der Waals surface area contributed by atoms with E-state index in [-0.39, 0.29) is 17.8 Å². The van der Waals surface area contributed by atoms with Crippen LogP contribution in [0.4, 0.5) is 0 Å². The zero-order valence-electron chi connectivity index (χ0n) is 18.5. The van der Waals surface area contributed by atoms with Gasteiger partial charge >= 0.3 is 11.9 Å². The molecule has 0 bridgehead atoms. The molecule has 0 unspecified atom stereocenters. The number of Topliss-reactive ketones (excluding diaryl/α,β-unsaturated/α-hetero) is 1. The molecule has 3 rings (SSSR count). The van der Waals surface area contributed by atoms with E-state index >= 15 is 0 Å². The van der Waals surface area contributed by atoms with Crippen molar-refractivity contribution in [2.75, 3.05) is 7.11 Å². The number of ether oxygens (including phenoxy) is 2. The topological polar surface area (TPSA) is 81.7 Å². The first-order valence-electron chi connectivity index (χ1n) is 10.5. The Balaban J connectivity index is 2.17. The van der Waals surface area contributed by atoms with Crippen molar-refractivity contribution in [1.82, 2.24) is 5.32 Å². The highest BCUT2D eigenvalue weighted by Crippen LogP contribution is 2.45. The van der Waals surface area contributed by atoms with Crippen molar-refractivity contribution in [3.8, 4) is 0 Å². The van der Waals surface area contributed by atoms with E-state index in [1.807, 2.05) is 52.0 Å². The van der Waals surface area contributed by atoms with Crippen molar-refractivity contribution in [2.24, 2.45) is 11.8 Å². The fourth-order valence-corrected chi connectivity index (χ4v) is 4.72. The van der Waals surface area contributed by atoms with Crippen LogP contribution in [0.25, 0.3) is 0 Å². The summed E-state index contributed by atoms with van der Waals surface area (Å²) < 4.78 is 11.4. The van der Waals surface area contributed by atoms with Crippen molar-refractivity contribution in [2.45, 2.75) is 52.6 Å². The van der Waals surface area contributed by atoms with Gasteiger partial charge in [-0.2, -0.15) is 0 Å². The average molecular weight is 490 g/mol. The quantitative estimate of drug-likeness (QED) is 0.487. The molecule has 1 aromatic carbocycles. The predicted molar refractivity (Wildman–Crippen MR) is 120 cm³/mol. The van der Waals surface area contributed by atoms with E-state index in [9.17, 15) is 14.4 Å². The van der Waals surface area contributed by atoms with Crippen molar-refractivity contribution in [3.05, 3.63) is 56.8 Å². The summed E-state index contributed by atoms with van der Waals surface area (Å²) in [6.07, 6.45) is 0.939. The lowest BCUT2D eigenvalue weighted by molar-refractivity contribution is -0.151. The average Bonchev–Trinajstić information content (AvgIpc) is 2.72.